The molecule has 1 unspecified atom stereocenters. The zero-order chi connectivity index (χ0) is 53.6. The van der Waals surface area contributed by atoms with Gasteiger partial charge >= 0.3 is 17.9 Å². The first-order chi connectivity index (χ1) is 36.5. The maximum absolute atomic E-state index is 12.9. The molecule has 0 spiro atoms. The van der Waals surface area contributed by atoms with Gasteiger partial charge in [-0.25, -0.2) is 0 Å². The van der Waals surface area contributed by atoms with Gasteiger partial charge in [-0.2, -0.15) is 0 Å². The van der Waals surface area contributed by atoms with Crippen molar-refractivity contribution in [1.29, 1.82) is 0 Å². The van der Waals surface area contributed by atoms with E-state index in [9.17, 15) is 14.4 Å². The van der Waals surface area contributed by atoms with Gasteiger partial charge in [0, 0.05) is 19.3 Å². The van der Waals surface area contributed by atoms with Gasteiger partial charge in [-0.3, -0.25) is 14.4 Å². The topological polar surface area (TPSA) is 78.9 Å². The summed E-state index contributed by atoms with van der Waals surface area (Å²) in [5, 5.41) is 0. The molecule has 0 aromatic carbocycles. The highest BCUT2D eigenvalue weighted by atomic mass is 16.6. The maximum atomic E-state index is 12.9. The van der Waals surface area contributed by atoms with Gasteiger partial charge in [-0.1, -0.05) is 297 Å². The third kappa shape index (κ3) is 59.0. The van der Waals surface area contributed by atoms with E-state index in [0.717, 1.165) is 122 Å². The van der Waals surface area contributed by atoms with Crippen molar-refractivity contribution < 1.29 is 28.6 Å². The maximum Gasteiger partial charge on any atom is 0.306 e. The van der Waals surface area contributed by atoms with E-state index in [1.54, 1.807) is 0 Å². The third-order valence-electron chi connectivity index (χ3n) is 13.1. The van der Waals surface area contributed by atoms with Crippen molar-refractivity contribution in [2.45, 2.75) is 290 Å². The molecule has 0 rings (SSSR count). The zero-order valence-electron chi connectivity index (χ0n) is 48.3. The molecule has 0 aromatic heterocycles. The molecule has 0 saturated heterocycles. The minimum absolute atomic E-state index is 0.0936. The Morgan fingerprint density at radius 2 is 0.608 bits per heavy atom. The lowest BCUT2D eigenvalue weighted by molar-refractivity contribution is -0.167. The Kier molecular flexibility index (Phi) is 58.3. The van der Waals surface area contributed by atoms with Crippen molar-refractivity contribution >= 4 is 17.9 Å². The first-order valence-corrected chi connectivity index (χ1v) is 31.0. The number of hydrogen-bond acceptors (Lipinski definition) is 6. The predicted molar refractivity (Wildman–Crippen MR) is 320 cm³/mol. The predicted octanol–water partition coefficient (Wildman–Crippen LogP) is 21.0. The van der Waals surface area contributed by atoms with Gasteiger partial charge in [0.25, 0.3) is 0 Å². The van der Waals surface area contributed by atoms with Crippen LogP contribution in [0.15, 0.2) is 109 Å². The quantitative estimate of drug-likeness (QED) is 0.0199. The van der Waals surface area contributed by atoms with Gasteiger partial charge in [0.15, 0.2) is 6.10 Å². The molecule has 0 aromatic rings. The molecule has 0 bridgehead atoms. The smallest absolute Gasteiger partial charge is 0.306 e. The lowest BCUT2D eigenvalue weighted by Gasteiger charge is -2.18. The molecule has 0 saturated carbocycles. The number of ether oxygens (including phenoxy) is 3. The molecule has 0 N–H and O–H groups in total. The highest BCUT2D eigenvalue weighted by Gasteiger charge is 2.19. The van der Waals surface area contributed by atoms with E-state index in [1.807, 2.05) is 24.3 Å². The Morgan fingerprint density at radius 1 is 0.297 bits per heavy atom. The van der Waals surface area contributed by atoms with E-state index < -0.39 is 6.10 Å². The fourth-order valence-corrected chi connectivity index (χ4v) is 8.52. The summed E-state index contributed by atoms with van der Waals surface area (Å²) in [6.45, 7) is 6.43. The number of carbonyl (C=O) groups is 3. The molecule has 0 aliphatic heterocycles. The van der Waals surface area contributed by atoms with Crippen LogP contribution in [0, 0.1) is 0 Å². The normalized spacial score (nSPS) is 12.9. The number of unbranched alkanes of at least 4 members (excludes halogenated alkanes) is 30. The Hall–Kier alpha value is -3.93. The van der Waals surface area contributed by atoms with Crippen molar-refractivity contribution in [3.8, 4) is 0 Å². The Balaban J connectivity index is 4.46. The van der Waals surface area contributed by atoms with Crippen LogP contribution in [0.2, 0.25) is 0 Å². The molecule has 0 radical (unpaired) electrons. The van der Waals surface area contributed by atoms with Gasteiger partial charge in [0.05, 0.1) is 0 Å². The average molecular weight is 1030 g/mol. The first-order valence-electron chi connectivity index (χ1n) is 31.0. The van der Waals surface area contributed by atoms with Gasteiger partial charge in [-0.05, 0) is 77.0 Å². The molecule has 0 aliphatic carbocycles. The summed E-state index contributed by atoms with van der Waals surface area (Å²) in [7, 11) is 0. The van der Waals surface area contributed by atoms with Crippen LogP contribution in [-0.2, 0) is 28.6 Å². The monoisotopic (exact) mass is 1030 g/mol. The van der Waals surface area contributed by atoms with E-state index in [2.05, 4.69) is 106 Å². The van der Waals surface area contributed by atoms with E-state index >= 15 is 0 Å². The summed E-state index contributed by atoms with van der Waals surface area (Å²) in [5.74, 6) is -0.923. The summed E-state index contributed by atoms with van der Waals surface area (Å²) in [6, 6.07) is 0. The van der Waals surface area contributed by atoms with Crippen LogP contribution < -0.4 is 0 Å². The highest BCUT2D eigenvalue weighted by Crippen LogP contribution is 2.16. The lowest BCUT2D eigenvalue weighted by atomic mass is 10.0. The minimum Gasteiger partial charge on any atom is -0.462 e. The van der Waals surface area contributed by atoms with E-state index in [0.29, 0.717) is 19.3 Å². The molecule has 0 heterocycles. The number of hydrogen-bond donors (Lipinski definition) is 0. The minimum atomic E-state index is -0.797. The van der Waals surface area contributed by atoms with Crippen molar-refractivity contribution in [3.63, 3.8) is 0 Å². The molecule has 422 valence electrons. The van der Waals surface area contributed by atoms with Crippen molar-refractivity contribution in [1.82, 2.24) is 0 Å². The van der Waals surface area contributed by atoms with Crippen molar-refractivity contribution in [2.75, 3.05) is 13.2 Å². The molecule has 0 aliphatic rings. The fraction of sp³-hybridized carbons (Fsp3) is 0.691. The second-order valence-electron chi connectivity index (χ2n) is 20.4. The Morgan fingerprint density at radius 3 is 1.00 bits per heavy atom. The summed E-state index contributed by atoms with van der Waals surface area (Å²) >= 11 is 0. The molecule has 0 amide bonds. The van der Waals surface area contributed by atoms with Crippen LogP contribution in [0.1, 0.15) is 284 Å². The van der Waals surface area contributed by atoms with Gasteiger partial charge in [0.2, 0.25) is 0 Å². The van der Waals surface area contributed by atoms with E-state index in [-0.39, 0.29) is 31.1 Å². The molecule has 6 heteroatoms. The number of carbonyl (C=O) groups excluding carboxylic acids is 3. The van der Waals surface area contributed by atoms with Crippen LogP contribution in [0.4, 0.5) is 0 Å². The SMILES string of the molecule is CC/C=C\C/C=C\C/C=C\C/C=C\CCCCCCCCC(=O)OCC(COC(=O)CCCCCCC\C=C/C=C\C=C/C=C\C=C/CCC)OC(=O)CCCCCCCCCCCCCCCCCCCCC. The van der Waals surface area contributed by atoms with E-state index in [4.69, 9.17) is 14.2 Å². The largest absolute Gasteiger partial charge is 0.462 e. The summed E-state index contributed by atoms with van der Waals surface area (Å²) in [6.07, 6.45) is 83.6. The molecule has 6 nitrogen and oxygen atoms in total. The molecule has 0 fully saturated rings. The Bertz CT molecular complexity index is 1510. The van der Waals surface area contributed by atoms with Crippen molar-refractivity contribution in [2.24, 2.45) is 0 Å². The van der Waals surface area contributed by atoms with E-state index in [1.165, 1.54) is 122 Å². The van der Waals surface area contributed by atoms with Crippen LogP contribution >= 0.6 is 0 Å². The van der Waals surface area contributed by atoms with Gasteiger partial charge < -0.3 is 14.2 Å². The number of esters is 3. The van der Waals surface area contributed by atoms with Gasteiger partial charge in [0.1, 0.15) is 13.2 Å². The van der Waals surface area contributed by atoms with Crippen LogP contribution in [-0.4, -0.2) is 37.2 Å². The third-order valence-corrected chi connectivity index (χ3v) is 13.1. The summed E-state index contributed by atoms with van der Waals surface area (Å²) in [5.41, 5.74) is 0. The van der Waals surface area contributed by atoms with Crippen LogP contribution in [0.5, 0.6) is 0 Å². The molecular weight excluding hydrogens is 913 g/mol. The summed E-state index contributed by atoms with van der Waals surface area (Å²) < 4.78 is 16.9. The second-order valence-corrected chi connectivity index (χ2v) is 20.4. The lowest BCUT2D eigenvalue weighted by Crippen LogP contribution is -2.30. The van der Waals surface area contributed by atoms with Crippen molar-refractivity contribution in [3.05, 3.63) is 109 Å². The molecular formula is C68H114O6. The fourth-order valence-electron chi connectivity index (χ4n) is 8.52. The second kappa shape index (κ2) is 61.6. The van der Waals surface area contributed by atoms with Gasteiger partial charge in [-0.15, -0.1) is 0 Å². The Labute approximate surface area is 457 Å². The first kappa shape index (κ1) is 70.1. The number of rotatable bonds is 55. The molecule has 1 atom stereocenters. The average Bonchev–Trinajstić information content (AvgIpc) is 3.40. The van der Waals surface area contributed by atoms with Crippen LogP contribution in [0.3, 0.4) is 0 Å². The highest BCUT2D eigenvalue weighted by molar-refractivity contribution is 5.71. The standard InChI is InChI=1S/C68H114O6/c1-4-7-10-13-16-19-22-25-28-31-34-37-40-43-46-49-52-55-58-61-67(70)73-64-65(63-72-66(69)60-57-54-51-48-45-42-39-36-33-30-27-24-21-18-15-12-9-6-3)74-68(71)62-59-56-53-50-47-44-41-38-35-32-29-26-23-20-17-14-11-8-5-2/h7,10,12,15-16,18-19,21,24-25,27-28,30,33-34,36-37,39,65H,4-6,8-9,11,13-14,17,20,22-23,26,29,31-32,35,38,40-64H2,1-3H3/b10-7-,15-12-,19-16-,21-18-,27-24-,28-25-,33-30-,37-34-,39-36-. The summed E-state index contributed by atoms with van der Waals surface area (Å²) in [4.78, 5) is 38.3. The zero-order valence-corrected chi connectivity index (χ0v) is 48.3. The number of allylic oxidation sites excluding steroid dienone is 18. The molecule has 74 heavy (non-hydrogen) atoms. The van der Waals surface area contributed by atoms with Crippen LogP contribution in [0.25, 0.3) is 0 Å².